The van der Waals surface area contributed by atoms with Crippen molar-refractivity contribution in [3.63, 3.8) is 0 Å². The number of nitrogens with zero attached hydrogens (tertiary/aromatic N) is 2. The Balaban J connectivity index is 2.11. The van der Waals surface area contributed by atoms with Crippen LogP contribution >= 0.6 is 27.3 Å². The Morgan fingerprint density at radius 1 is 1.50 bits per heavy atom. The summed E-state index contributed by atoms with van der Waals surface area (Å²) >= 11 is 5.36. The summed E-state index contributed by atoms with van der Waals surface area (Å²) < 4.78 is 3.47. The fraction of sp³-hybridized carbons (Fsp3) is 0.462. The van der Waals surface area contributed by atoms with E-state index in [0.29, 0.717) is 0 Å². The third kappa shape index (κ3) is 3.22. The molecule has 0 saturated heterocycles. The van der Waals surface area contributed by atoms with E-state index in [1.807, 2.05) is 6.20 Å². The minimum Gasteiger partial charge on any atom is -0.326 e. The molecule has 0 aromatic carbocycles. The van der Waals surface area contributed by atoms with Crippen LogP contribution in [0.2, 0.25) is 0 Å². The number of thiophene rings is 1. The Hall–Kier alpha value is -0.650. The molecular formula is C13H18BrN3S. The zero-order valence-electron chi connectivity index (χ0n) is 10.7. The van der Waals surface area contributed by atoms with Crippen LogP contribution in [0.25, 0.3) is 0 Å². The molecule has 0 radical (unpaired) electrons. The number of imidazole rings is 1. The summed E-state index contributed by atoms with van der Waals surface area (Å²) in [5.41, 5.74) is 1.25. The van der Waals surface area contributed by atoms with Gasteiger partial charge >= 0.3 is 0 Å². The molecule has 0 bridgehead atoms. The van der Waals surface area contributed by atoms with Gasteiger partial charge in [-0.25, -0.2) is 4.98 Å². The highest BCUT2D eigenvalue weighted by Gasteiger charge is 2.09. The van der Waals surface area contributed by atoms with Crippen molar-refractivity contribution in [1.29, 1.82) is 0 Å². The first-order valence-corrected chi connectivity index (χ1v) is 7.83. The van der Waals surface area contributed by atoms with Gasteiger partial charge in [-0.05, 0) is 47.3 Å². The van der Waals surface area contributed by atoms with Crippen LogP contribution in [0.1, 0.15) is 29.7 Å². The van der Waals surface area contributed by atoms with Gasteiger partial charge in [-0.2, -0.15) is 0 Å². The van der Waals surface area contributed by atoms with Crippen LogP contribution in [-0.2, 0) is 13.1 Å². The summed E-state index contributed by atoms with van der Waals surface area (Å²) in [6, 6.07) is 2.10. The number of rotatable bonds is 6. The standard InChI is InChI=1S/C13H18BrN3S/c1-3-5-15-7-11-8-16-10(2)17(11)9-13-12(14)4-6-18-13/h4,6,8,15H,3,5,7,9H2,1-2H3. The highest BCUT2D eigenvalue weighted by Crippen LogP contribution is 2.24. The smallest absolute Gasteiger partial charge is 0.106 e. The zero-order valence-corrected chi connectivity index (χ0v) is 13.1. The summed E-state index contributed by atoms with van der Waals surface area (Å²) in [5.74, 6) is 1.07. The second-order valence-electron chi connectivity index (χ2n) is 4.25. The van der Waals surface area contributed by atoms with Crippen LogP contribution in [0, 0.1) is 6.92 Å². The third-order valence-electron chi connectivity index (χ3n) is 2.86. The van der Waals surface area contributed by atoms with Gasteiger partial charge in [0.15, 0.2) is 0 Å². The van der Waals surface area contributed by atoms with E-state index >= 15 is 0 Å². The average Bonchev–Trinajstić information content (AvgIpc) is 2.90. The Kier molecular flexibility index (Phi) is 4.97. The van der Waals surface area contributed by atoms with Gasteiger partial charge in [0.05, 0.1) is 12.2 Å². The monoisotopic (exact) mass is 327 g/mol. The van der Waals surface area contributed by atoms with E-state index < -0.39 is 0 Å². The van der Waals surface area contributed by atoms with Gasteiger partial charge in [-0.15, -0.1) is 11.3 Å². The summed E-state index contributed by atoms with van der Waals surface area (Å²) in [6.45, 7) is 7.07. The highest BCUT2D eigenvalue weighted by molar-refractivity contribution is 9.10. The van der Waals surface area contributed by atoms with Crippen molar-refractivity contribution in [2.45, 2.75) is 33.4 Å². The SMILES string of the molecule is CCCNCc1cnc(C)n1Cc1sccc1Br. The molecule has 0 atom stereocenters. The van der Waals surface area contributed by atoms with Crippen molar-refractivity contribution in [2.24, 2.45) is 0 Å². The summed E-state index contributed by atoms with van der Waals surface area (Å²) in [7, 11) is 0. The van der Waals surface area contributed by atoms with Gasteiger partial charge in [-0.3, -0.25) is 0 Å². The van der Waals surface area contributed by atoms with Crippen LogP contribution in [0.5, 0.6) is 0 Å². The van der Waals surface area contributed by atoms with E-state index in [1.165, 1.54) is 15.0 Å². The molecule has 3 nitrogen and oxygen atoms in total. The molecule has 2 aromatic rings. The summed E-state index contributed by atoms with van der Waals surface area (Å²) in [6.07, 6.45) is 3.13. The van der Waals surface area contributed by atoms with Gasteiger partial charge in [0.25, 0.3) is 0 Å². The van der Waals surface area contributed by atoms with Crippen molar-refractivity contribution in [1.82, 2.24) is 14.9 Å². The quantitative estimate of drug-likeness (QED) is 0.822. The molecular weight excluding hydrogens is 310 g/mol. The fourth-order valence-corrected chi connectivity index (χ4v) is 3.31. The first kappa shape index (κ1) is 13.8. The van der Waals surface area contributed by atoms with Gasteiger partial charge < -0.3 is 9.88 Å². The largest absolute Gasteiger partial charge is 0.326 e. The maximum absolute atomic E-state index is 4.42. The number of hydrogen-bond donors (Lipinski definition) is 1. The van der Waals surface area contributed by atoms with Crippen molar-refractivity contribution in [3.05, 3.63) is 38.5 Å². The van der Waals surface area contributed by atoms with E-state index in [-0.39, 0.29) is 0 Å². The lowest BCUT2D eigenvalue weighted by atomic mass is 10.4. The van der Waals surface area contributed by atoms with Crippen LogP contribution in [0.3, 0.4) is 0 Å². The molecule has 2 aromatic heterocycles. The Bertz CT molecular complexity index is 504. The molecule has 2 rings (SSSR count). The molecule has 1 N–H and O–H groups in total. The van der Waals surface area contributed by atoms with E-state index in [0.717, 1.165) is 31.9 Å². The number of aryl methyl sites for hydroxylation is 1. The molecule has 0 unspecified atom stereocenters. The van der Waals surface area contributed by atoms with Crippen LogP contribution in [-0.4, -0.2) is 16.1 Å². The lowest BCUT2D eigenvalue weighted by Crippen LogP contribution is -2.17. The maximum Gasteiger partial charge on any atom is 0.106 e. The van der Waals surface area contributed by atoms with Gasteiger partial charge in [-0.1, -0.05) is 6.92 Å². The third-order valence-corrected chi connectivity index (χ3v) is 4.77. The molecule has 0 saturated carbocycles. The molecule has 0 aliphatic rings. The normalized spacial score (nSPS) is 11.1. The fourth-order valence-electron chi connectivity index (χ4n) is 1.85. The predicted octanol–water partition coefficient (Wildman–Crippen LogP) is 3.56. The first-order chi connectivity index (χ1) is 8.72. The zero-order chi connectivity index (χ0) is 13.0. The van der Waals surface area contributed by atoms with Crippen LogP contribution < -0.4 is 5.32 Å². The number of halogens is 1. The lowest BCUT2D eigenvalue weighted by Gasteiger charge is -2.10. The molecule has 18 heavy (non-hydrogen) atoms. The minimum atomic E-state index is 0.887. The first-order valence-electron chi connectivity index (χ1n) is 6.16. The van der Waals surface area contributed by atoms with E-state index in [9.17, 15) is 0 Å². The molecule has 0 aliphatic heterocycles. The topological polar surface area (TPSA) is 29.9 Å². The number of aromatic nitrogens is 2. The number of hydrogen-bond acceptors (Lipinski definition) is 3. The Labute approximate surface area is 120 Å². The van der Waals surface area contributed by atoms with Gasteiger partial charge in [0.2, 0.25) is 0 Å². The summed E-state index contributed by atoms with van der Waals surface area (Å²) in [4.78, 5) is 5.76. The van der Waals surface area contributed by atoms with E-state index in [2.05, 4.69) is 56.1 Å². The second kappa shape index (κ2) is 6.50. The molecule has 0 amide bonds. The van der Waals surface area contributed by atoms with E-state index in [1.54, 1.807) is 11.3 Å². The minimum absolute atomic E-state index is 0.887. The van der Waals surface area contributed by atoms with Gasteiger partial charge in [0, 0.05) is 22.1 Å². The van der Waals surface area contributed by atoms with Gasteiger partial charge in [0.1, 0.15) is 5.82 Å². The second-order valence-corrected chi connectivity index (χ2v) is 6.11. The van der Waals surface area contributed by atoms with Crippen LogP contribution in [0.4, 0.5) is 0 Å². The molecule has 5 heteroatoms. The Morgan fingerprint density at radius 2 is 2.33 bits per heavy atom. The highest BCUT2D eigenvalue weighted by atomic mass is 79.9. The Morgan fingerprint density at radius 3 is 3.00 bits per heavy atom. The van der Waals surface area contributed by atoms with Crippen molar-refractivity contribution < 1.29 is 0 Å². The summed E-state index contributed by atoms with van der Waals surface area (Å²) in [5, 5.41) is 5.54. The molecule has 0 fully saturated rings. The maximum atomic E-state index is 4.42. The average molecular weight is 328 g/mol. The number of nitrogens with one attached hydrogen (secondary N) is 1. The molecule has 0 aliphatic carbocycles. The van der Waals surface area contributed by atoms with Crippen molar-refractivity contribution in [3.8, 4) is 0 Å². The van der Waals surface area contributed by atoms with Crippen LogP contribution in [0.15, 0.2) is 22.1 Å². The van der Waals surface area contributed by atoms with Crippen molar-refractivity contribution >= 4 is 27.3 Å². The molecule has 2 heterocycles. The molecule has 0 spiro atoms. The van der Waals surface area contributed by atoms with Crippen molar-refractivity contribution in [2.75, 3.05) is 6.54 Å². The lowest BCUT2D eigenvalue weighted by molar-refractivity contribution is 0.625. The predicted molar refractivity (Wildman–Crippen MR) is 80.1 cm³/mol. The van der Waals surface area contributed by atoms with E-state index in [4.69, 9.17) is 0 Å². The molecule has 98 valence electrons.